The van der Waals surface area contributed by atoms with E-state index in [0.29, 0.717) is 31.9 Å². The summed E-state index contributed by atoms with van der Waals surface area (Å²) in [5, 5.41) is 7.74. The van der Waals surface area contributed by atoms with Crippen LogP contribution in [0.2, 0.25) is 0 Å². The largest absolute Gasteiger partial charge is 0.490 e. The molecule has 0 aliphatic carbocycles. The van der Waals surface area contributed by atoms with Crippen molar-refractivity contribution in [2.75, 3.05) is 63.4 Å². The number of nitrogens with one attached hydrogen (secondary N) is 2. The number of carbonyl (C=O) groups excluding carboxylic acids is 1. The van der Waals surface area contributed by atoms with Crippen LogP contribution in [-0.2, 0) is 26.6 Å². The molecule has 17 heteroatoms. The molecule has 2 aliphatic rings. The van der Waals surface area contributed by atoms with Crippen molar-refractivity contribution in [3.8, 4) is 5.75 Å². The highest BCUT2D eigenvalue weighted by atomic mass is 19.4. The van der Waals surface area contributed by atoms with Gasteiger partial charge in [-0.1, -0.05) is 0 Å². The molecule has 0 spiro atoms. The van der Waals surface area contributed by atoms with E-state index in [9.17, 15) is 35.9 Å². The molecule has 4 rings (SSSR count). The molecule has 2 aromatic rings. The SMILES string of the molecule is COCC(COCCC(=O)N1CCN2c3ncc(C(F)(F)F)cc3OCCC2C1)Nc1cn[nH]c(=O)c1C(F)(F)F. The number of nitrogens with zero attached hydrogens (tertiary/aromatic N) is 4. The summed E-state index contributed by atoms with van der Waals surface area (Å²) < 4.78 is 95.4. The number of hydrogen-bond acceptors (Lipinski definition) is 9. The van der Waals surface area contributed by atoms with Crippen LogP contribution in [0.3, 0.4) is 0 Å². The normalized spacial score (nSPS) is 18.2. The minimum atomic E-state index is -4.92. The summed E-state index contributed by atoms with van der Waals surface area (Å²) in [7, 11) is 1.35. The van der Waals surface area contributed by atoms with Crippen LogP contribution >= 0.6 is 0 Å². The molecule has 2 aromatic heterocycles. The molecule has 1 saturated heterocycles. The highest BCUT2D eigenvalue weighted by molar-refractivity contribution is 5.76. The Balaban J connectivity index is 1.30. The van der Waals surface area contributed by atoms with E-state index in [1.165, 1.54) is 7.11 Å². The highest BCUT2D eigenvalue weighted by Gasteiger charge is 2.38. The lowest BCUT2D eigenvalue weighted by atomic mass is 10.1. The van der Waals surface area contributed by atoms with Gasteiger partial charge in [0, 0.05) is 39.4 Å². The fourth-order valence-corrected chi connectivity index (χ4v) is 4.71. The molecule has 4 heterocycles. The third-order valence-electron chi connectivity index (χ3n) is 6.62. The Hall–Kier alpha value is -3.60. The summed E-state index contributed by atoms with van der Waals surface area (Å²) in [6.45, 7) is 0.922. The van der Waals surface area contributed by atoms with Gasteiger partial charge in [0.05, 0.1) is 62.4 Å². The maximum absolute atomic E-state index is 13.3. The fraction of sp³-hybridized carbons (Fsp3) is 0.583. The third-order valence-corrected chi connectivity index (χ3v) is 6.62. The molecule has 41 heavy (non-hydrogen) atoms. The zero-order valence-electron chi connectivity index (χ0n) is 21.8. The van der Waals surface area contributed by atoms with Gasteiger partial charge in [0.25, 0.3) is 5.56 Å². The number of anilines is 2. The summed E-state index contributed by atoms with van der Waals surface area (Å²) in [5.41, 5.74) is -4.25. The molecular weight excluding hydrogens is 566 g/mol. The van der Waals surface area contributed by atoms with E-state index < -0.39 is 40.8 Å². The van der Waals surface area contributed by atoms with Crippen LogP contribution in [0.25, 0.3) is 0 Å². The van der Waals surface area contributed by atoms with E-state index in [2.05, 4.69) is 15.4 Å². The molecule has 1 amide bonds. The Kier molecular flexibility index (Phi) is 9.26. The number of H-pyrrole nitrogens is 1. The molecule has 2 N–H and O–H groups in total. The van der Waals surface area contributed by atoms with Gasteiger partial charge in [0.2, 0.25) is 5.91 Å². The Morgan fingerprint density at radius 3 is 2.68 bits per heavy atom. The Morgan fingerprint density at radius 1 is 1.20 bits per heavy atom. The smallest absolute Gasteiger partial charge is 0.423 e. The first-order valence-electron chi connectivity index (χ1n) is 12.6. The molecule has 2 aliphatic heterocycles. The van der Waals surface area contributed by atoms with E-state index in [0.717, 1.165) is 18.5 Å². The van der Waals surface area contributed by atoms with Crippen LogP contribution in [-0.4, -0.2) is 91.2 Å². The zero-order valence-corrected chi connectivity index (χ0v) is 21.8. The second-order valence-electron chi connectivity index (χ2n) is 9.47. The number of ether oxygens (including phenoxy) is 3. The minimum Gasteiger partial charge on any atom is -0.490 e. The predicted octanol–water partition coefficient (Wildman–Crippen LogP) is 2.54. The van der Waals surface area contributed by atoms with E-state index in [1.54, 1.807) is 10.00 Å². The van der Waals surface area contributed by atoms with Crippen molar-refractivity contribution >= 4 is 17.4 Å². The lowest BCUT2D eigenvalue weighted by Crippen LogP contribution is -2.55. The summed E-state index contributed by atoms with van der Waals surface area (Å²) in [6, 6.07) is -0.0544. The van der Waals surface area contributed by atoms with Gasteiger partial charge in [-0.2, -0.15) is 31.4 Å². The maximum atomic E-state index is 13.3. The van der Waals surface area contributed by atoms with Crippen molar-refractivity contribution in [3.63, 3.8) is 0 Å². The molecule has 11 nitrogen and oxygen atoms in total. The Morgan fingerprint density at radius 2 is 1.98 bits per heavy atom. The molecule has 2 atom stereocenters. The van der Waals surface area contributed by atoms with Gasteiger partial charge in [0.1, 0.15) is 5.56 Å². The maximum Gasteiger partial charge on any atom is 0.423 e. The number of amides is 1. The van der Waals surface area contributed by atoms with Crippen molar-refractivity contribution in [1.29, 1.82) is 0 Å². The van der Waals surface area contributed by atoms with E-state index in [4.69, 9.17) is 14.2 Å². The van der Waals surface area contributed by atoms with Crippen molar-refractivity contribution < 1.29 is 45.3 Å². The van der Waals surface area contributed by atoms with E-state index >= 15 is 0 Å². The first-order chi connectivity index (χ1) is 19.4. The number of aromatic nitrogens is 3. The number of rotatable bonds is 9. The Labute approximate surface area is 229 Å². The van der Waals surface area contributed by atoms with Crippen LogP contribution in [0.15, 0.2) is 23.3 Å². The number of fused-ring (bicyclic) bond motifs is 3. The molecule has 0 aromatic carbocycles. The van der Waals surface area contributed by atoms with Crippen molar-refractivity contribution in [1.82, 2.24) is 20.1 Å². The second kappa shape index (κ2) is 12.5. The first kappa shape index (κ1) is 30.4. The first-order valence-corrected chi connectivity index (χ1v) is 12.6. The topological polar surface area (TPSA) is 122 Å². The van der Waals surface area contributed by atoms with Crippen LogP contribution in [0.5, 0.6) is 5.75 Å². The number of pyridine rings is 1. The standard InChI is InChI=1S/C24H28F6N6O5/c1-39-12-15(33-17-10-32-34-22(38)20(17)24(28,29)30)13-40-6-3-19(37)35-4-5-36-16(11-35)2-7-41-18-8-14(23(25,26)27)9-31-21(18)36/h8-10,15-16H,2-7,11-13H2,1H3,(H2,33,34,38). The highest BCUT2D eigenvalue weighted by Crippen LogP contribution is 2.38. The average molecular weight is 595 g/mol. The predicted molar refractivity (Wildman–Crippen MR) is 132 cm³/mol. The number of methoxy groups -OCH3 is 1. The monoisotopic (exact) mass is 594 g/mol. The lowest BCUT2D eigenvalue weighted by molar-refractivity contribution is -0.138. The third kappa shape index (κ3) is 7.38. The van der Waals surface area contributed by atoms with Gasteiger partial charge in [-0.25, -0.2) is 10.1 Å². The quantitative estimate of drug-likeness (QED) is 0.333. The van der Waals surface area contributed by atoms with Gasteiger partial charge in [0.15, 0.2) is 11.6 Å². The van der Waals surface area contributed by atoms with Gasteiger partial charge in [-0.3, -0.25) is 9.59 Å². The Bertz CT molecular complexity index is 1270. The van der Waals surface area contributed by atoms with Gasteiger partial charge in [-0.05, 0) is 6.07 Å². The number of halogens is 6. The van der Waals surface area contributed by atoms with Crippen molar-refractivity contribution in [2.45, 2.75) is 37.3 Å². The number of alkyl halides is 6. The van der Waals surface area contributed by atoms with Gasteiger partial charge in [-0.15, -0.1) is 0 Å². The minimum absolute atomic E-state index is 0.00688. The number of carbonyl (C=O) groups is 1. The van der Waals surface area contributed by atoms with Crippen molar-refractivity contribution in [3.05, 3.63) is 39.9 Å². The van der Waals surface area contributed by atoms with Crippen LogP contribution in [0.4, 0.5) is 37.8 Å². The average Bonchev–Trinajstić information content (AvgIpc) is 3.08. The molecule has 226 valence electrons. The number of piperazine rings is 1. The van der Waals surface area contributed by atoms with Crippen LogP contribution in [0.1, 0.15) is 24.0 Å². The summed E-state index contributed by atoms with van der Waals surface area (Å²) in [6.07, 6.45) is -7.39. The lowest BCUT2D eigenvalue weighted by Gasteiger charge is -2.41. The van der Waals surface area contributed by atoms with Crippen LogP contribution < -0.4 is 20.5 Å². The van der Waals surface area contributed by atoms with Crippen LogP contribution in [0, 0.1) is 0 Å². The van der Waals surface area contributed by atoms with E-state index in [1.807, 2.05) is 4.90 Å². The zero-order chi connectivity index (χ0) is 29.8. The van der Waals surface area contributed by atoms with Gasteiger partial charge < -0.3 is 29.3 Å². The summed E-state index contributed by atoms with van der Waals surface area (Å²) >= 11 is 0. The molecule has 1 fully saturated rings. The number of aromatic amines is 1. The van der Waals surface area contributed by atoms with Gasteiger partial charge >= 0.3 is 12.4 Å². The molecular formula is C24H28F6N6O5. The molecule has 0 saturated carbocycles. The molecule has 0 bridgehead atoms. The molecule has 0 radical (unpaired) electrons. The fourth-order valence-electron chi connectivity index (χ4n) is 4.71. The summed E-state index contributed by atoms with van der Waals surface area (Å²) in [4.78, 5) is 32.0. The number of hydrogen-bond donors (Lipinski definition) is 2. The molecule has 2 unspecified atom stereocenters. The van der Waals surface area contributed by atoms with Crippen molar-refractivity contribution in [2.24, 2.45) is 0 Å². The van der Waals surface area contributed by atoms with E-state index in [-0.39, 0.29) is 50.5 Å². The second-order valence-corrected chi connectivity index (χ2v) is 9.47. The summed E-state index contributed by atoms with van der Waals surface area (Å²) in [5.74, 6) is 0.134.